The Hall–Kier alpha value is -3.54. The second kappa shape index (κ2) is 4.74. The Morgan fingerprint density at radius 1 is 1.09 bits per heavy atom. The van der Waals surface area contributed by atoms with Crippen LogP contribution in [0.15, 0.2) is 23.0 Å². The Labute approximate surface area is 126 Å². The average molecular weight is 316 g/mol. The highest BCUT2D eigenvalue weighted by Crippen LogP contribution is 2.24. The molecule has 114 valence electrons. The lowest BCUT2D eigenvalue weighted by Gasteiger charge is -2.12. The third kappa shape index (κ3) is 1.96. The lowest BCUT2D eigenvalue weighted by Crippen LogP contribution is -2.24. The summed E-state index contributed by atoms with van der Waals surface area (Å²) in [6.07, 6.45) is 0. The molecule has 7 nitrogen and oxygen atoms in total. The Kier molecular flexibility index (Phi) is 2.97. The Balaban J connectivity index is 2.34. The molecular formula is C14H6F2N4O3. The van der Waals surface area contributed by atoms with E-state index in [4.69, 9.17) is 11.0 Å². The first-order valence-electron chi connectivity index (χ1n) is 6.16. The van der Waals surface area contributed by atoms with Gasteiger partial charge < -0.3 is 5.73 Å². The Morgan fingerprint density at radius 3 is 2.26 bits per heavy atom. The van der Waals surface area contributed by atoms with Gasteiger partial charge in [0.25, 0.3) is 17.4 Å². The molecule has 0 aliphatic carbocycles. The maximum atomic E-state index is 13.7. The number of hydrogen-bond acceptors (Lipinski definition) is 5. The molecule has 1 aromatic heterocycles. The first-order valence-corrected chi connectivity index (χ1v) is 6.16. The number of carbonyl (C=O) groups excluding carboxylic acids is 2. The van der Waals surface area contributed by atoms with Crippen LogP contribution in [0.25, 0.3) is 5.69 Å². The van der Waals surface area contributed by atoms with Crippen LogP contribution in [0.3, 0.4) is 0 Å². The number of carbonyl (C=O) groups is 2. The molecule has 0 radical (unpaired) electrons. The summed E-state index contributed by atoms with van der Waals surface area (Å²) in [6.45, 7) is 0. The quantitative estimate of drug-likeness (QED) is 0.741. The fourth-order valence-electron chi connectivity index (χ4n) is 2.34. The van der Waals surface area contributed by atoms with Gasteiger partial charge in [0.1, 0.15) is 29.1 Å². The highest BCUT2D eigenvalue weighted by molar-refractivity contribution is 6.23. The SMILES string of the molecule is N#Cc1c(F)cc(-n2c(N)c3c(cc2=O)C(=O)NC3=O)cc1F. The first kappa shape index (κ1) is 14.4. The van der Waals surface area contributed by atoms with Crippen LogP contribution in [-0.2, 0) is 0 Å². The zero-order valence-electron chi connectivity index (χ0n) is 11.2. The van der Waals surface area contributed by atoms with Crippen molar-refractivity contribution in [3.63, 3.8) is 0 Å². The number of nitrogens with two attached hydrogens (primary N) is 1. The van der Waals surface area contributed by atoms with Crippen LogP contribution < -0.4 is 16.6 Å². The average Bonchev–Trinajstić information content (AvgIpc) is 2.73. The van der Waals surface area contributed by atoms with Gasteiger partial charge in [-0.25, -0.2) is 8.78 Å². The van der Waals surface area contributed by atoms with E-state index in [1.54, 1.807) is 0 Å². The van der Waals surface area contributed by atoms with Crippen LogP contribution in [0.1, 0.15) is 26.3 Å². The summed E-state index contributed by atoms with van der Waals surface area (Å²) in [5.74, 6) is -4.40. The van der Waals surface area contributed by atoms with Gasteiger partial charge in [-0.15, -0.1) is 0 Å². The molecule has 0 bridgehead atoms. The van der Waals surface area contributed by atoms with Crippen molar-refractivity contribution in [1.82, 2.24) is 9.88 Å². The minimum atomic E-state index is -1.19. The van der Waals surface area contributed by atoms with Gasteiger partial charge in [0, 0.05) is 6.07 Å². The van der Waals surface area contributed by atoms with Crippen LogP contribution in [-0.4, -0.2) is 16.4 Å². The van der Waals surface area contributed by atoms with Crippen molar-refractivity contribution in [3.05, 3.63) is 56.9 Å². The molecule has 9 heteroatoms. The summed E-state index contributed by atoms with van der Waals surface area (Å²) in [5, 5.41) is 10.6. The van der Waals surface area contributed by atoms with E-state index in [2.05, 4.69) is 0 Å². The Morgan fingerprint density at radius 2 is 1.70 bits per heavy atom. The molecule has 1 aliphatic heterocycles. The molecule has 0 atom stereocenters. The van der Waals surface area contributed by atoms with Crippen LogP contribution in [0, 0.1) is 23.0 Å². The second-order valence-electron chi connectivity index (χ2n) is 4.67. The molecule has 2 aromatic rings. The third-order valence-electron chi connectivity index (χ3n) is 3.35. The van der Waals surface area contributed by atoms with E-state index >= 15 is 0 Å². The van der Waals surface area contributed by atoms with Crippen molar-refractivity contribution in [2.45, 2.75) is 0 Å². The van der Waals surface area contributed by atoms with Gasteiger partial charge in [0.15, 0.2) is 0 Å². The molecule has 3 N–H and O–H groups in total. The van der Waals surface area contributed by atoms with Crippen molar-refractivity contribution in [1.29, 1.82) is 5.26 Å². The molecular weight excluding hydrogens is 310 g/mol. The molecule has 0 saturated heterocycles. The van der Waals surface area contributed by atoms with E-state index in [1.807, 2.05) is 5.32 Å². The number of nitrogen functional groups attached to an aromatic ring is 1. The van der Waals surface area contributed by atoms with Crippen molar-refractivity contribution in [2.75, 3.05) is 5.73 Å². The van der Waals surface area contributed by atoms with Gasteiger partial charge >= 0.3 is 0 Å². The van der Waals surface area contributed by atoms with Gasteiger partial charge in [-0.2, -0.15) is 5.26 Å². The topological polar surface area (TPSA) is 118 Å². The lowest BCUT2D eigenvalue weighted by molar-refractivity contribution is 0.0880. The predicted molar refractivity (Wildman–Crippen MR) is 72.9 cm³/mol. The lowest BCUT2D eigenvalue weighted by atomic mass is 10.1. The van der Waals surface area contributed by atoms with Crippen molar-refractivity contribution in [2.24, 2.45) is 0 Å². The van der Waals surface area contributed by atoms with E-state index in [1.165, 1.54) is 6.07 Å². The number of amides is 2. The zero-order chi connectivity index (χ0) is 16.9. The number of anilines is 1. The standard InChI is InChI=1S/C14H6F2N4O3/c15-8-1-5(2-9(16)7(8)4-17)20-10(21)3-6-11(12(20)18)14(23)19-13(6)22/h1-3H,18H2,(H,19,22,23). The van der Waals surface area contributed by atoms with Gasteiger partial charge in [-0.05, 0) is 12.1 Å². The van der Waals surface area contributed by atoms with Gasteiger partial charge in [0.2, 0.25) is 0 Å². The third-order valence-corrected chi connectivity index (χ3v) is 3.35. The van der Waals surface area contributed by atoms with Crippen molar-refractivity contribution < 1.29 is 18.4 Å². The zero-order valence-corrected chi connectivity index (χ0v) is 11.2. The number of nitrogens with one attached hydrogen (secondary N) is 1. The first-order chi connectivity index (χ1) is 10.8. The summed E-state index contributed by atoms with van der Waals surface area (Å²) in [5.41, 5.74) is 3.30. The van der Waals surface area contributed by atoms with Crippen molar-refractivity contribution in [3.8, 4) is 11.8 Å². The van der Waals surface area contributed by atoms with Crippen LogP contribution >= 0.6 is 0 Å². The van der Waals surface area contributed by atoms with E-state index < -0.39 is 40.4 Å². The molecule has 0 spiro atoms. The maximum Gasteiger partial charge on any atom is 0.262 e. The number of halogens is 2. The highest BCUT2D eigenvalue weighted by Gasteiger charge is 2.32. The molecule has 2 heterocycles. The highest BCUT2D eigenvalue weighted by atomic mass is 19.1. The summed E-state index contributed by atoms with van der Waals surface area (Å²) in [4.78, 5) is 35.3. The summed E-state index contributed by atoms with van der Waals surface area (Å²) in [6, 6.07) is 3.67. The number of nitriles is 1. The monoisotopic (exact) mass is 316 g/mol. The number of imide groups is 1. The van der Waals surface area contributed by atoms with E-state index in [0.29, 0.717) is 4.57 Å². The normalized spacial score (nSPS) is 12.7. The van der Waals surface area contributed by atoms with Crippen LogP contribution in [0.2, 0.25) is 0 Å². The molecule has 1 aromatic carbocycles. The fourth-order valence-corrected chi connectivity index (χ4v) is 2.34. The van der Waals surface area contributed by atoms with Gasteiger partial charge in [-0.1, -0.05) is 0 Å². The van der Waals surface area contributed by atoms with Crippen LogP contribution in [0.4, 0.5) is 14.6 Å². The van der Waals surface area contributed by atoms with Gasteiger partial charge in [0.05, 0.1) is 16.8 Å². The molecule has 3 rings (SSSR count). The van der Waals surface area contributed by atoms with E-state index in [0.717, 1.165) is 18.2 Å². The summed E-state index contributed by atoms with van der Waals surface area (Å²) < 4.78 is 28.1. The van der Waals surface area contributed by atoms with Gasteiger partial charge in [-0.3, -0.25) is 24.3 Å². The van der Waals surface area contributed by atoms with Crippen molar-refractivity contribution >= 4 is 17.6 Å². The number of benzene rings is 1. The molecule has 0 unspecified atom stereocenters. The number of rotatable bonds is 1. The van der Waals surface area contributed by atoms with E-state index in [9.17, 15) is 23.2 Å². The molecule has 1 aliphatic rings. The molecule has 0 saturated carbocycles. The summed E-state index contributed by atoms with van der Waals surface area (Å²) in [7, 11) is 0. The summed E-state index contributed by atoms with van der Waals surface area (Å²) >= 11 is 0. The Bertz CT molecular complexity index is 981. The fraction of sp³-hybridized carbons (Fsp3) is 0. The number of hydrogen-bond donors (Lipinski definition) is 2. The van der Waals surface area contributed by atoms with Crippen LogP contribution in [0.5, 0.6) is 0 Å². The number of pyridine rings is 1. The predicted octanol–water partition coefficient (Wildman–Crippen LogP) is 0.453. The number of aromatic nitrogens is 1. The van der Waals surface area contributed by atoms with E-state index in [-0.39, 0.29) is 16.8 Å². The smallest absolute Gasteiger partial charge is 0.262 e. The molecule has 23 heavy (non-hydrogen) atoms. The minimum absolute atomic E-state index is 0.205. The molecule has 0 fully saturated rings. The minimum Gasteiger partial charge on any atom is -0.384 e. The number of fused-ring (bicyclic) bond motifs is 1. The molecule has 2 amide bonds. The number of nitrogens with zero attached hydrogens (tertiary/aromatic N) is 2. The second-order valence-corrected chi connectivity index (χ2v) is 4.67. The largest absolute Gasteiger partial charge is 0.384 e. The maximum absolute atomic E-state index is 13.7.